The lowest BCUT2D eigenvalue weighted by atomic mass is 10.1. The Bertz CT molecular complexity index is 545. The second-order valence-corrected chi connectivity index (χ2v) is 5.09. The summed E-state index contributed by atoms with van der Waals surface area (Å²) in [7, 11) is 1.56. The van der Waals surface area contributed by atoms with E-state index in [1.165, 1.54) is 0 Å². The normalized spacial score (nSPS) is 15.5. The van der Waals surface area contributed by atoms with Crippen LogP contribution in [-0.2, 0) is 16.1 Å². The number of carbonyl (C=O) groups is 2. The summed E-state index contributed by atoms with van der Waals surface area (Å²) in [5, 5.41) is 0. The van der Waals surface area contributed by atoms with Gasteiger partial charge in [0.25, 0.3) is 0 Å². The van der Waals surface area contributed by atoms with E-state index in [1.54, 1.807) is 29.0 Å². The fourth-order valence-corrected chi connectivity index (χ4v) is 2.45. The number of piperazine rings is 1. The number of anilines is 1. The van der Waals surface area contributed by atoms with E-state index in [2.05, 4.69) is 0 Å². The topological polar surface area (TPSA) is 75.9 Å². The minimum Gasteiger partial charge on any atom is -0.496 e. The van der Waals surface area contributed by atoms with Crippen LogP contribution in [0.4, 0.5) is 5.69 Å². The third-order valence-corrected chi connectivity index (χ3v) is 3.56. The van der Waals surface area contributed by atoms with Crippen molar-refractivity contribution in [1.82, 2.24) is 9.80 Å². The maximum atomic E-state index is 12.2. The Morgan fingerprint density at radius 1 is 1.19 bits per heavy atom. The van der Waals surface area contributed by atoms with Gasteiger partial charge in [0.05, 0.1) is 7.11 Å². The van der Waals surface area contributed by atoms with Gasteiger partial charge in [0.2, 0.25) is 0 Å². The third-order valence-electron chi connectivity index (χ3n) is 3.56. The van der Waals surface area contributed by atoms with Crippen LogP contribution in [0.3, 0.4) is 0 Å². The SMILES string of the molecule is CCCN1CCN(Cc2ccc(N)cc2OC)C(=O)C1=O. The van der Waals surface area contributed by atoms with E-state index < -0.39 is 11.8 Å². The van der Waals surface area contributed by atoms with Gasteiger partial charge >= 0.3 is 11.8 Å². The Morgan fingerprint density at radius 2 is 1.86 bits per heavy atom. The molecule has 1 fully saturated rings. The van der Waals surface area contributed by atoms with Crippen LogP contribution in [0.5, 0.6) is 5.75 Å². The van der Waals surface area contributed by atoms with Crippen molar-refractivity contribution in [3.8, 4) is 5.75 Å². The number of carbonyl (C=O) groups excluding carboxylic acids is 2. The van der Waals surface area contributed by atoms with E-state index in [1.807, 2.05) is 13.0 Å². The molecule has 1 aliphatic heterocycles. The Hall–Kier alpha value is -2.24. The number of hydrogen-bond acceptors (Lipinski definition) is 4. The molecule has 114 valence electrons. The summed E-state index contributed by atoms with van der Waals surface area (Å²) in [5.41, 5.74) is 7.16. The maximum absolute atomic E-state index is 12.2. The van der Waals surface area contributed by atoms with Crippen molar-refractivity contribution in [2.75, 3.05) is 32.5 Å². The van der Waals surface area contributed by atoms with Gasteiger partial charge in [0, 0.05) is 43.5 Å². The van der Waals surface area contributed by atoms with E-state index in [4.69, 9.17) is 10.5 Å². The molecule has 6 heteroatoms. The number of methoxy groups -OCH3 is 1. The molecule has 1 aromatic rings. The van der Waals surface area contributed by atoms with Crippen molar-refractivity contribution in [2.24, 2.45) is 0 Å². The molecule has 1 aliphatic rings. The van der Waals surface area contributed by atoms with Crippen molar-refractivity contribution in [1.29, 1.82) is 0 Å². The summed E-state index contributed by atoms with van der Waals surface area (Å²) in [6.07, 6.45) is 0.852. The minimum atomic E-state index is -0.450. The summed E-state index contributed by atoms with van der Waals surface area (Å²) in [5.74, 6) is -0.239. The van der Waals surface area contributed by atoms with Gasteiger partial charge in [0.1, 0.15) is 5.75 Å². The molecule has 0 spiro atoms. The second kappa shape index (κ2) is 6.47. The van der Waals surface area contributed by atoms with Crippen LogP contribution in [-0.4, -0.2) is 48.4 Å². The first-order valence-electron chi connectivity index (χ1n) is 7.07. The first kappa shape index (κ1) is 15.2. The second-order valence-electron chi connectivity index (χ2n) is 5.09. The van der Waals surface area contributed by atoms with Crippen LogP contribution in [0.2, 0.25) is 0 Å². The molecule has 6 nitrogen and oxygen atoms in total. The summed E-state index contributed by atoms with van der Waals surface area (Å²) < 4.78 is 5.28. The molecule has 2 N–H and O–H groups in total. The monoisotopic (exact) mass is 291 g/mol. The number of hydrogen-bond donors (Lipinski definition) is 1. The number of rotatable bonds is 5. The third kappa shape index (κ3) is 3.26. The van der Waals surface area contributed by atoms with E-state index in [-0.39, 0.29) is 0 Å². The highest BCUT2D eigenvalue weighted by molar-refractivity contribution is 6.35. The van der Waals surface area contributed by atoms with E-state index in [9.17, 15) is 9.59 Å². The molecular weight excluding hydrogens is 270 g/mol. The number of benzene rings is 1. The first-order valence-corrected chi connectivity index (χ1v) is 7.07. The van der Waals surface area contributed by atoms with E-state index >= 15 is 0 Å². The lowest BCUT2D eigenvalue weighted by Gasteiger charge is -2.33. The highest BCUT2D eigenvalue weighted by Crippen LogP contribution is 2.23. The Balaban J connectivity index is 2.11. The molecule has 0 bridgehead atoms. The van der Waals surface area contributed by atoms with Crippen LogP contribution in [0.1, 0.15) is 18.9 Å². The minimum absolute atomic E-state index is 0.355. The lowest BCUT2D eigenvalue weighted by molar-refractivity contribution is -0.156. The van der Waals surface area contributed by atoms with Crippen molar-refractivity contribution in [3.63, 3.8) is 0 Å². The van der Waals surface area contributed by atoms with Crippen LogP contribution >= 0.6 is 0 Å². The van der Waals surface area contributed by atoms with Crippen LogP contribution in [0, 0.1) is 0 Å². The van der Waals surface area contributed by atoms with Crippen molar-refractivity contribution in [3.05, 3.63) is 23.8 Å². The zero-order valence-corrected chi connectivity index (χ0v) is 12.5. The largest absolute Gasteiger partial charge is 0.496 e. The lowest BCUT2D eigenvalue weighted by Crippen LogP contribution is -2.53. The summed E-state index contributed by atoms with van der Waals surface area (Å²) >= 11 is 0. The number of ether oxygens (including phenoxy) is 1. The molecular formula is C15H21N3O3. The number of nitrogen functional groups attached to an aromatic ring is 1. The van der Waals surface area contributed by atoms with Crippen LogP contribution in [0.25, 0.3) is 0 Å². The Morgan fingerprint density at radius 3 is 2.52 bits per heavy atom. The predicted molar refractivity (Wildman–Crippen MR) is 79.7 cm³/mol. The smallest absolute Gasteiger partial charge is 0.312 e. The highest BCUT2D eigenvalue weighted by Gasteiger charge is 2.32. The quantitative estimate of drug-likeness (QED) is 0.645. The average Bonchev–Trinajstić information content (AvgIpc) is 2.48. The van der Waals surface area contributed by atoms with Crippen LogP contribution in [0.15, 0.2) is 18.2 Å². The standard InChI is InChI=1S/C15H21N3O3/c1-3-6-17-7-8-18(15(20)14(17)19)10-11-4-5-12(16)9-13(11)21-2/h4-5,9H,3,6-8,10,16H2,1-2H3. The van der Waals surface area contributed by atoms with Gasteiger partial charge in [-0.3, -0.25) is 9.59 Å². The van der Waals surface area contributed by atoms with Crippen molar-refractivity contribution < 1.29 is 14.3 Å². The van der Waals surface area contributed by atoms with Crippen LogP contribution < -0.4 is 10.5 Å². The molecule has 0 radical (unpaired) electrons. The molecule has 0 aromatic heterocycles. The zero-order chi connectivity index (χ0) is 15.4. The molecule has 0 atom stereocenters. The average molecular weight is 291 g/mol. The zero-order valence-electron chi connectivity index (χ0n) is 12.5. The van der Waals surface area contributed by atoms with Crippen molar-refractivity contribution >= 4 is 17.5 Å². The Labute approximate surface area is 124 Å². The number of amides is 2. The van der Waals surface area contributed by atoms with E-state index in [0.717, 1.165) is 12.0 Å². The molecule has 0 unspecified atom stereocenters. The first-order chi connectivity index (χ1) is 10.1. The van der Waals surface area contributed by atoms with Crippen molar-refractivity contribution in [2.45, 2.75) is 19.9 Å². The van der Waals surface area contributed by atoms with Gasteiger partial charge in [-0.25, -0.2) is 0 Å². The number of nitrogens with two attached hydrogens (primary N) is 1. The highest BCUT2D eigenvalue weighted by atomic mass is 16.5. The summed E-state index contributed by atoms with van der Waals surface area (Å²) in [6.45, 7) is 4.09. The van der Waals surface area contributed by atoms with Gasteiger partial charge < -0.3 is 20.3 Å². The molecule has 0 saturated carbocycles. The molecule has 0 aliphatic carbocycles. The summed E-state index contributed by atoms with van der Waals surface area (Å²) in [6, 6.07) is 5.30. The van der Waals surface area contributed by atoms with Gasteiger partial charge in [-0.05, 0) is 12.5 Å². The van der Waals surface area contributed by atoms with Gasteiger partial charge in [-0.1, -0.05) is 13.0 Å². The molecule has 21 heavy (non-hydrogen) atoms. The predicted octanol–water partition coefficient (Wildman–Crippen LogP) is 0.858. The molecule has 1 saturated heterocycles. The molecule has 1 aromatic carbocycles. The fraction of sp³-hybridized carbons (Fsp3) is 0.467. The molecule has 2 amide bonds. The summed E-state index contributed by atoms with van der Waals surface area (Å²) in [4.78, 5) is 27.3. The van der Waals surface area contributed by atoms with Gasteiger partial charge in [0.15, 0.2) is 0 Å². The van der Waals surface area contributed by atoms with E-state index in [0.29, 0.717) is 37.6 Å². The molecule has 2 rings (SSSR count). The fourth-order valence-electron chi connectivity index (χ4n) is 2.45. The molecule has 1 heterocycles. The number of nitrogens with zero attached hydrogens (tertiary/aromatic N) is 2. The maximum Gasteiger partial charge on any atom is 0.312 e. The Kier molecular flexibility index (Phi) is 4.67. The van der Waals surface area contributed by atoms with Gasteiger partial charge in [-0.2, -0.15) is 0 Å². The van der Waals surface area contributed by atoms with Gasteiger partial charge in [-0.15, -0.1) is 0 Å².